The van der Waals surface area contributed by atoms with Crippen molar-refractivity contribution in [3.8, 4) is 0 Å². The zero-order chi connectivity index (χ0) is 10.0. The highest BCUT2D eigenvalue weighted by molar-refractivity contribution is 8.20. The molecule has 15 heavy (non-hydrogen) atoms. The van der Waals surface area contributed by atoms with Crippen LogP contribution in [-0.4, -0.2) is 21.4 Å². The lowest BCUT2D eigenvalue weighted by Crippen LogP contribution is -2.61. The first-order valence-electron chi connectivity index (χ1n) is 5.83. The van der Waals surface area contributed by atoms with Gasteiger partial charge in [-0.25, -0.2) is 0 Å². The van der Waals surface area contributed by atoms with Crippen LogP contribution >= 0.6 is 23.5 Å². The first-order chi connectivity index (χ1) is 7.33. The van der Waals surface area contributed by atoms with E-state index in [1.165, 1.54) is 24.3 Å². The number of ketones is 1. The molecule has 4 rings (SSSR count). The molecule has 1 heterocycles. The molecule has 3 aliphatic carbocycles. The van der Waals surface area contributed by atoms with Gasteiger partial charge in [0.2, 0.25) is 0 Å². The van der Waals surface area contributed by atoms with Crippen molar-refractivity contribution < 1.29 is 4.79 Å². The second-order valence-corrected chi connectivity index (χ2v) is 8.02. The van der Waals surface area contributed by atoms with Gasteiger partial charge in [-0.05, 0) is 36.2 Å². The molecule has 0 aromatic heterocycles. The van der Waals surface area contributed by atoms with Crippen LogP contribution in [0.4, 0.5) is 0 Å². The predicted molar refractivity (Wildman–Crippen MR) is 65.0 cm³/mol. The Balaban J connectivity index is 1.72. The van der Waals surface area contributed by atoms with Crippen LogP contribution in [0.2, 0.25) is 0 Å². The summed E-state index contributed by atoms with van der Waals surface area (Å²) in [6.45, 7) is 0. The summed E-state index contributed by atoms with van der Waals surface area (Å²) in [5.41, 5.74) is 0. The number of fused-ring (bicyclic) bond motifs is 6. The first-order valence-corrected chi connectivity index (χ1v) is 7.80. The molecule has 3 heteroatoms. The fourth-order valence-electron chi connectivity index (χ4n) is 3.88. The Morgan fingerprint density at radius 1 is 1.20 bits per heavy atom. The van der Waals surface area contributed by atoms with Gasteiger partial charge < -0.3 is 0 Å². The van der Waals surface area contributed by atoms with Crippen molar-refractivity contribution in [3.05, 3.63) is 12.2 Å². The summed E-state index contributed by atoms with van der Waals surface area (Å²) in [6, 6.07) is 0. The number of thioether (sulfide) groups is 2. The molecule has 0 radical (unpaired) electrons. The highest BCUT2D eigenvalue weighted by Gasteiger charge is 2.70. The van der Waals surface area contributed by atoms with Crippen LogP contribution in [0.1, 0.15) is 12.8 Å². The number of Topliss-reactive ketones (excluding diaryl/α,β-unsaturated/α-hetero) is 1. The van der Waals surface area contributed by atoms with Gasteiger partial charge in [-0.1, -0.05) is 12.2 Å². The molecule has 1 spiro atoms. The summed E-state index contributed by atoms with van der Waals surface area (Å²) in [5, 5.41) is 0. The van der Waals surface area contributed by atoms with E-state index in [1.807, 2.05) is 23.5 Å². The van der Waals surface area contributed by atoms with E-state index in [0.717, 1.165) is 5.92 Å². The monoisotopic (exact) mass is 238 g/mol. The number of hydrogen-bond donors (Lipinski definition) is 0. The maximum atomic E-state index is 12.3. The summed E-state index contributed by atoms with van der Waals surface area (Å²) in [7, 11) is 0. The Bertz CT molecular complexity index is 357. The predicted octanol–water partition coefficient (Wildman–Crippen LogP) is 2.57. The van der Waals surface area contributed by atoms with E-state index in [4.69, 9.17) is 0 Å². The van der Waals surface area contributed by atoms with E-state index >= 15 is 0 Å². The van der Waals surface area contributed by atoms with Crippen LogP contribution in [0.25, 0.3) is 0 Å². The zero-order valence-electron chi connectivity index (χ0n) is 8.52. The van der Waals surface area contributed by atoms with Gasteiger partial charge in [-0.2, -0.15) is 0 Å². The Kier molecular flexibility index (Phi) is 1.75. The maximum absolute atomic E-state index is 12.3. The molecule has 1 nitrogen and oxygen atoms in total. The molecular weight excluding hydrogens is 224 g/mol. The van der Waals surface area contributed by atoms with E-state index in [0.29, 0.717) is 23.5 Å². The number of hydrogen-bond acceptors (Lipinski definition) is 3. The molecular formula is C12H14OS2. The summed E-state index contributed by atoms with van der Waals surface area (Å²) < 4.78 is 0.00704. The lowest BCUT2D eigenvalue weighted by molar-refractivity contribution is -0.135. The maximum Gasteiger partial charge on any atom is 0.163 e. The largest absolute Gasteiger partial charge is 0.297 e. The second-order valence-electron chi connectivity index (χ2n) is 5.08. The normalized spacial score (nSPS) is 49.5. The molecule has 2 bridgehead atoms. The van der Waals surface area contributed by atoms with Crippen LogP contribution in [0.15, 0.2) is 12.2 Å². The van der Waals surface area contributed by atoms with Crippen LogP contribution in [0.5, 0.6) is 0 Å². The van der Waals surface area contributed by atoms with Crippen molar-refractivity contribution in [1.29, 1.82) is 0 Å². The van der Waals surface area contributed by atoms with E-state index < -0.39 is 0 Å². The summed E-state index contributed by atoms with van der Waals surface area (Å²) in [5.74, 6) is 5.43. The molecule has 0 aromatic rings. The zero-order valence-corrected chi connectivity index (χ0v) is 10.2. The molecule has 0 aromatic carbocycles. The van der Waals surface area contributed by atoms with Gasteiger partial charge in [0.05, 0.1) is 0 Å². The van der Waals surface area contributed by atoms with E-state index in [2.05, 4.69) is 12.2 Å². The Labute approximate surface area is 98.4 Å². The molecule has 0 amide bonds. The average molecular weight is 238 g/mol. The smallest absolute Gasteiger partial charge is 0.163 e. The molecule has 0 N–H and O–H groups in total. The van der Waals surface area contributed by atoms with Crippen molar-refractivity contribution in [2.24, 2.45) is 23.7 Å². The second kappa shape index (κ2) is 2.86. The fourth-order valence-corrected chi connectivity index (χ4v) is 7.67. The van der Waals surface area contributed by atoms with Gasteiger partial charge in [-0.3, -0.25) is 4.79 Å². The third-order valence-electron chi connectivity index (χ3n) is 4.47. The van der Waals surface area contributed by atoms with Gasteiger partial charge in [0.15, 0.2) is 5.78 Å². The van der Waals surface area contributed by atoms with Crippen LogP contribution in [0.3, 0.4) is 0 Å². The molecule has 1 aliphatic heterocycles. The quantitative estimate of drug-likeness (QED) is 0.604. The van der Waals surface area contributed by atoms with Crippen molar-refractivity contribution >= 4 is 29.3 Å². The molecule has 80 valence electrons. The lowest BCUT2D eigenvalue weighted by Gasteiger charge is -2.54. The van der Waals surface area contributed by atoms with Crippen molar-refractivity contribution in [2.75, 3.05) is 11.5 Å². The van der Waals surface area contributed by atoms with Gasteiger partial charge in [0.25, 0.3) is 0 Å². The van der Waals surface area contributed by atoms with Gasteiger partial charge >= 0.3 is 0 Å². The number of allylic oxidation sites excluding steroid dienone is 2. The average Bonchev–Trinajstić information content (AvgIpc) is 2.88. The Hall–Kier alpha value is 0.110. The van der Waals surface area contributed by atoms with Crippen molar-refractivity contribution in [3.63, 3.8) is 0 Å². The SMILES string of the molecule is O=C1[C@@H]2[C@@H]([C@@H]3C=C[C@H]2C3)C12SCCCS2. The minimum absolute atomic E-state index is 0.00704. The van der Waals surface area contributed by atoms with Crippen LogP contribution in [0, 0.1) is 23.7 Å². The minimum Gasteiger partial charge on any atom is -0.297 e. The molecule has 4 aliphatic rings. The highest BCUT2D eigenvalue weighted by atomic mass is 32.2. The molecule has 0 unspecified atom stereocenters. The third-order valence-corrected chi connectivity index (χ3v) is 7.96. The van der Waals surface area contributed by atoms with Crippen molar-refractivity contribution in [1.82, 2.24) is 0 Å². The molecule has 2 saturated carbocycles. The van der Waals surface area contributed by atoms with Crippen LogP contribution < -0.4 is 0 Å². The van der Waals surface area contributed by atoms with Gasteiger partial charge in [0, 0.05) is 11.8 Å². The first kappa shape index (κ1) is 9.17. The molecule has 1 saturated heterocycles. The number of carbonyl (C=O) groups excluding carboxylic acids is 1. The van der Waals surface area contributed by atoms with Crippen molar-refractivity contribution in [2.45, 2.75) is 16.9 Å². The minimum atomic E-state index is 0.00704. The topological polar surface area (TPSA) is 17.1 Å². The standard InChI is InChI=1S/C12H14OS2/c13-11-9-7-2-3-8(6-7)10(9)12(11)14-4-1-5-15-12/h2-3,7-10H,1,4-6H2/t7-,8+,9-,10+/m0/s1. The number of rotatable bonds is 0. The number of carbonyl (C=O) groups is 1. The fraction of sp³-hybridized carbons (Fsp3) is 0.750. The summed E-state index contributed by atoms with van der Waals surface area (Å²) in [6.07, 6.45) is 7.24. The summed E-state index contributed by atoms with van der Waals surface area (Å²) >= 11 is 3.91. The summed E-state index contributed by atoms with van der Waals surface area (Å²) in [4.78, 5) is 12.3. The third kappa shape index (κ3) is 0.932. The van der Waals surface area contributed by atoms with E-state index in [-0.39, 0.29) is 4.08 Å². The van der Waals surface area contributed by atoms with Gasteiger partial charge in [-0.15, -0.1) is 23.5 Å². The Morgan fingerprint density at radius 3 is 2.73 bits per heavy atom. The molecule has 3 fully saturated rings. The van der Waals surface area contributed by atoms with E-state index in [1.54, 1.807) is 0 Å². The van der Waals surface area contributed by atoms with Gasteiger partial charge in [0.1, 0.15) is 4.08 Å². The Morgan fingerprint density at radius 2 is 1.93 bits per heavy atom. The van der Waals surface area contributed by atoms with E-state index in [9.17, 15) is 4.79 Å². The van der Waals surface area contributed by atoms with Crippen LogP contribution in [-0.2, 0) is 4.79 Å². The lowest BCUT2D eigenvalue weighted by atomic mass is 9.66. The highest BCUT2D eigenvalue weighted by Crippen LogP contribution is 2.69. The molecule has 4 atom stereocenters.